The van der Waals surface area contributed by atoms with Crippen molar-refractivity contribution in [3.63, 3.8) is 0 Å². The highest BCUT2D eigenvalue weighted by Gasteiger charge is 1.95. The van der Waals surface area contributed by atoms with Crippen molar-refractivity contribution in [2.45, 2.75) is 58.8 Å². The van der Waals surface area contributed by atoms with Crippen LogP contribution in [0.5, 0.6) is 0 Å². The van der Waals surface area contributed by atoms with E-state index >= 15 is 0 Å². The van der Waals surface area contributed by atoms with Crippen LogP contribution in [0.2, 0.25) is 0 Å². The van der Waals surface area contributed by atoms with E-state index in [1.54, 1.807) is 6.92 Å². The molecule has 0 bridgehead atoms. The predicted octanol–water partition coefficient (Wildman–Crippen LogP) is 3.66. The fourth-order valence-corrected chi connectivity index (χ4v) is 1.16. The average Bonchev–Trinajstić information content (AvgIpc) is 1.96. The van der Waals surface area contributed by atoms with Crippen LogP contribution in [0.3, 0.4) is 0 Å². The van der Waals surface area contributed by atoms with E-state index in [2.05, 4.69) is 6.92 Å². The van der Waals surface area contributed by atoms with E-state index in [1.807, 2.05) is 0 Å². The van der Waals surface area contributed by atoms with Gasteiger partial charge in [-0.1, -0.05) is 45.4 Å². The lowest BCUT2D eigenvalue weighted by molar-refractivity contribution is 0.290. The largest absolute Gasteiger partial charge is 0.387 e. The summed E-state index contributed by atoms with van der Waals surface area (Å²) in [7, 11) is 0. The van der Waals surface area contributed by atoms with E-state index in [-0.39, 0.29) is 0 Å². The predicted molar refractivity (Wildman–Crippen MR) is 48.8 cm³/mol. The molecule has 11 heavy (non-hydrogen) atoms. The molecule has 0 fully saturated rings. The van der Waals surface area contributed by atoms with Crippen molar-refractivity contribution in [2.75, 3.05) is 0 Å². The standard InChI is InChI=1S/C10H21O/c1-3-4-5-6-7-8-9-10(2)11/h11H,3-9H2,1-2H3. The second kappa shape index (κ2) is 8.06. The molecule has 0 aliphatic heterocycles. The van der Waals surface area contributed by atoms with E-state index in [1.165, 1.54) is 32.1 Å². The zero-order valence-corrected chi connectivity index (χ0v) is 7.90. The summed E-state index contributed by atoms with van der Waals surface area (Å²) < 4.78 is 0. The number of aliphatic hydroxyl groups is 1. The maximum Gasteiger partial charge on any atom is 0.0902 e. The maximum atomic E-state index is 8.87. The Labute approximate surface area is 70.8 Å². The summed E-state index contributed by atoms with van der Waals surface area (Å²) in [5.41, 5.74) is 0. The van der Waals surface area contributed by atoms with Crippen LogP contribution in [-0.4, -0.2) is 5.11 Å². The second-order valence-corrected chi connectivity index (χ2v) is 3.25. The first-order valence-corrected chi connectivity index (χ1v) is 4.78. The van der Waals surface area contributed by atoms with Gasteiger partial charge in [-0.15, -0.1) is 0 Å². The first-order valence-electron chi connectivity index (χ1n) is 4.78. The van der Waals surface area contributed by atoms with Gasteiger partial charge in [0.15, 0.2) is 0 Å². The van der Waals surface area contributed by atoms with Crippen molar-refractivity contribution in [2.24, 2.45) is 0 Å². The molecule has 0 aromatic carbocycles. The molecule has 1 heteroatoms. The minimum absolute atomic E-state index is 0.584. The van der Waals surface area contributed by atoms with Crippen LogP contribution in [0.25, 0.3) is 0 Å². The number of hydrogen-bond acceptors (Lipinski definition) is 1. The Morgan fingerprint density at radius 3 is 2.09 bits per heavy atom. The smallest absolute Gasteiger partial charge is 0.0902 e. The van der Waals surface area contributed by atoms with E-state index in [0.29, 0.717) is 6.10 Å². The first kappa shape index (κ1) is 11.0. The Hall–Kier alpha value is -0.0400. The quantitative estimate of drug-likeness (QED) is 0.559. The molecule has 0 spiro atoms. The van der Waals surface area contributed by atoms with Gasteiger partial charge in [0.1, 0.15) is 0 Å². The van der Waals surface area contributed by atoms with E-state index in [0.717, 1.165) is 12.8 Å². The van der Waals surface area contributed by atoms with Gasteiger partial charge in [-0.3, -0.25) is 0 Å². The molecular weight excluding hydrogens is 136 g/mol. The van der Waals surface area contributed by atoms with Crippen LogP contribution in [-0.2, 0) is 0 Å². The average molecular weight is 157 g/mol. The van der Waals surface area contributed by atoms with Crippen LogP contribution in [0, 0.1) is 6.10 Å². The SMILES string of the molecule is CCCCCCCC[C](C)O. The summed E-state index contributed by atoms with van der Waals surface area (Å²) in [5.74, 6) is 0. The molecule has 1 radical (unpaired) electrons. The highest BCUT2D eigenvalue weighted by molar-refractivity contribution is 4.65. The highest BCUT2D eigenvalue weighted by atomic mass is 16.3. The molecule has 1 N–H and O–H groups in total. The summed E-state index contributed by atoms with van der Waals surface area (Å²) in [6.45, 7) is 4.01. The highest BCUT2D eigenvalue weighted by Crippen LogP contribution is 2.10. The molecular formula is C10H21O. The second-order valence-electron chi connectivity index (χ2n) is 3.25. The number of aliphatic hydroxyl groups excluding tert-OH is 1. The van der Waals surface area contributed by atoms with Gasteiger partial charge in [0.25, 0.3) is 0 Å². The van der Waals surface area contributed by atoms with Crippen LogP contribution >= 0.6 is 0 Å². The topological polar surface area (TPSA) is 20.2 Å². The lowest BCUT2D eigenvalue weighted by atomic mass is 10.1. The van der Waals surface area contributed by atoms with Gasteiger partial charge in [0, 0.05) is 0 Å². The Morgan fingerprint density at radius 1 is 1.00 bits per heavy atom. The number of hydrogen-bond donors (Lipinski definition) is 1. The Bertz CT molecular complexity index is 69.3. The zero-order chi connectivity index (χ0) is 8.53. The third-order valence-corrected chi connectivity index (χ3v) is 1.89. The molecule has 0 aliphatic carbocycles. The van der Waals surface area contributed by atoms with Crippen LogP contribution in [0.1, 0.15) is 58.8 Å². The van der Waals surface area contributed by atoms with Gasteiger partial charge in [-0.05, 0) is 13.3 Å². The molecule has 67 valence electrons. The van der Waals surface area contributed by atoms with Gasteiger partial charge in [-0.2, -0.15) is 0 Å². The lowest BCUT2D eigenvalue weighted by Gasteiger charge is -2.01. The third-order valence-electron chi connectivity index (χ3n) is 1.89. The van der Waals surface area contributed by atoms with Crippen molar-refractivity contribution < 1.29 is 5.11 Å². The summed E-state index contributed by atoms with van der Waals surface area (Å²) in [5, 5.41) is 8.87. The molecule has 0 rings (SSSR count). The summed E-state index contributed by atoms with van der Waals surface area (Å²) in [6, 6.07) is 0. The van der Waals surface area contributed by atoms with Crippen molar-refractivity contribution in [1.29, 1.82) is 0 Å². The summed E-state index contributed by atoms with van der Waals surface area (Å²) >= 11 is 0. The molecule has 0 aromatic heterocycles. The number of unbranched alkanes of at least 4 members (excludes halogenated alkanes) is 5. The molecule has 0 saturated carbocycles. The molecule has 0 atom stereocenters. The van der Waals surface area contributed by atoms with Gasteiger partial charge in [0.2, 0.25) is 0 Å². The van der Waals surface area contributed by atoms with Gasteiger partial charge in [0.05, 0.1) is 6.10 Å². The van der Waals surface area contributed by atoms with Crippen LogP contribution in [0.15, 0.2) is 0 Å². The van der Waals surface area contributed by atoms with Crippen molar-refractivity contribution in [1.82, 2.24) is 0 Å². The maximum absolute atomic E-state index is 8.87. The van der Waals surface area contributed by atoms with E-state index < -0.39 is 0 Å². The summed E-state index contributed by atoms with van der Waals surface area (Å²) in [6.07, 6.45) is 9.28. The van der Waals surface area contributed by atoms with E-state index in [9.17, 15) is 0 Å². The third kappa shape index (κ3) is 9.96. The normalized spacial score (nSPS) is 10.9. The molecule has 0 aliphatic rings. The van der Waals surface area contributed by atoms with Crippen molar-refractivity contribution in [3.8, 4) is 0 Å². The molecule has 0 aromatic rings. The summed E-state index contributed by atoms with van der Waals surface area (Å²) in [4.78, 5) is 0. The Morgan fingerprint density at radius 2 is 1.55 bits per heavy atom. The monoisotopic (exact) mass is 157 g/mol. The van der Waals surface area contributed by atoms with Gasteiger partial charge in [-0.25, -0.2) is 0 Å². The van der Waals surface area contributed by atoms with Crippen LogP contribution in [0.4, 0.5) is 0 Å². The van der Waals surface area contributed by atoms with Crippen molar-refractivity contribution >= 4 is 0 Å². The molecule has 0 saturated heterocycles. The zero-order valence-electron chi connectivity index (χ0n) is 7.90. The molecule has 0 amide bonds. The van der Waals surface area contributed by atoms with Crippen LogP contribution < -0.4 is 0 Å². The van der Waals surface area contributed by atoms with Gasteiger partial charge >= 0.3 is 0 Å². The Balaban J connectivity index is 2.80. The minimum atomic E-state index is 0.584. The van der Waals surface area contributed by atoms with Crippen molar-refractivity contribution in [3.05, 3.63) is 6.10 Å². The molecule has 0 unspecified atom stereocenters. The molecule has 1 nitrogen and oxygen atoms in total. The fourth-order valence-electron chi connectivity index (χ4n) is 1.16. The lowest BCUT2D eigenvalue weighted by Crippen LogP contribution is -1.88. The first-order chi connectivity index (χ1) is 5.27. The minimum Gasteiger partial charge on any atom is -0.387 e. The van der Waals surface area contributed by atoms with E-state index in [4.69, 9.17) is 5.11 Å². The molecule has 0 heterocycles. The fraction of sp³-hybridized carbons (Fsp3) is 0.900. The van der Waals surface area contributed by atoms with Gasteiger partial charge < -0.3 is 5.11 Å². The Kier molecular flexibility index (Phi) is 8.03. The number of rotatable bonds is 7.